The van der Waals surface area contributed by atoms with Crippen LogP contribution in [0.5, 0.6) is 0 Å². The molecule has 0 aromatic heterocycles. The summed E-state index contributed by atoms with van der Waals surface area (Å²) >= 11 is 0. The summed E-state index contributed by atoms with van der Waals surface area (Å²) in [5, 5.41) is 0. The van der Waals surface area contributed by atoms with Gasteiger partial charge in [-0.2, -0.15) is 0 Å². The topological polar surface area (TPSA) is 63.0 Å². The molecule has 0 spiro atoms. The summed E-state index contributed by atoms with van der Waals surface area (Å²) < 4.78 is 0. The van der Waals surface area contributed by atoms with Crippen molar-refractivity contribution in [1.29, 1.82) is 0 Å². The summed E-state index contributed by atoms with van der Waals surface area (Å²) in [6.07, 6.45) is 2.71. The molecule has 0 atom stereocenters. The van der Waals surface area contributed by atoms with Gasteiger partial charge in [-0.15, -0.1) is 0 Å². The van der Waals surface area contributed by atoms with Gasteiger partial charge in [0.05, 0.1) is 0 Å². The van der Waals surface area contributed by atoms with Gasteiger partial charge >= 0.3 is 0 Å². The highest BCUT2D eigenvalue weighted by Gasteiger charge is 1.85. The zero-order valence-electron chi connectivity index (χ0n) is 5.99. The Labute approximate surface area is 52.3 Å². The first-order valence-electron chi connectivity index (χ1n) is 2.77. The summed E-state index contributed by atoms with van der Waals surface area (Å²) in [4.78, 5) is 0. The van der Waals surface area contributed by atoms with Gasteiger partial charge in [0.15, 0.2) is 0 Å². The molecule has 0 aromatic rings. The number of rotatable bonds is 2. The Hall–Kier alpha value is -0.0151. The molecule has 52 valence electrons. The van der Waals surface area contributed by atoms with Crippen molar-refractivity contribution in [3.8, 4) is 0 Å². The summed E-state index contributed by atoms with van der Waals surface area (Å²) in [6, 6.07) is 0. The minimum atomic E-state index is 0. The zero-order valence-corrected chi connectivity index (χ0v) is 5.99. The Morgan fingerprint density at radius 3 is 1.62 bits per heavy atom. The van der Waals surface area contributed by atoms with Crippen molar-refractivity contribution in [2.45, 2.75) is 26.6 Å². The minimum absolute atomic E-state index is 0. The maximum atomic E-state index is 2.25. The van der Waals surface area contributed by atoms with E-state index < -0.39 is 0 Å². The molecule has 3 heteroatoms. The van der Waals surface area contributed by atoms with Crippen LogP contribution < -0.4 is 0 Å². The van der Waals surface area contributed by atoms with Gasteiger partial charge < -0.3 is 11.0 Å². The first kappa shape index (κ1) is 15.7. The van der Waals surface area contributed by atoms with Gasteiger partial charge in [-0.1, -0.05) is 26.6 Å². The molecule has 8 heavy (non-hydrogen) atoms. The SMILES string of the molecule is BCCC(C)C.O.O. The standard InChI is InChI=1S/C5H13B.2H2O/c1-5(2)3-4-6;;/h5H,3-4,6H2,1-2H3;2*1H2. The summed E-state index contributed by atoms with van der Waals surface area (Å²) in [5.41, 5.74) is 0. The van der Waals surface area contributed by atoms with Crippen LogP contribution in [0.1, 0.15) is 20.3 Å². The van der Waals surface area contributed by atoms with Gasteiger partial charge in [0.2, 0.25) is 0 Å². The Bertz CT molecular complexity index is 31.6. The highest BCUT2D eigenvalue weighted by atomic mass is 16.0. The third-order valence-electron chi connectivity index (χ3n) is 0.866. The average Bonchev–Trinajstić information content (AvgIpc) is 1.35. The lowest BCUT2D eigenvalue weighted by atomic mass is 9.96. The van der Waals surface area contributed by atoms with Crippen LogP contribution in [-0.2, 0) is 0 Å². The molecule has 0 amide bonds. The van der Waals surface area contributed by atoms with Crippen LogP contribution in [0.4, 0.5) is 0 Å². The summed E-state index contributed by atoms with van der Waals surface area (Å²) in [6.45, 7) is 4.51. The van der Waals surface area contributed by atoms with E-state index in [0.717, 1.165) is 5.92 Å². The molecule has 0 aliphatic rings. The van der Waals surface area contributed by atoms with Crippen LogP contribution in [0.15, 0.2) is 0 Å². The second kappa shape index (κ2) is 10.1. The predicted octanol–water partition coefficient (Wildman–Crippen LogP) is -0.566. The highest BCUT2D eigenvalue weighted by Crippen LogP contribution is 1.99. The molecule has 0 aromatic carbocycles. The van der Waals surface area contributed by atoms with E-state index in [-0.39, 0.29) is 11.0 Å². The fraction of sp³-hybridized carbons (Fsp3) is 1.00. The smallest absolute Gasteiger partial charge is 0.101 e. The zero-order chi connectivity index (χ0) is 4.99. The van der Waals surface area contributed by atoms with Crippen molar-refractivity contribution >= 4 is 7.85 Å². The number of hydrogen-bond donors (Lipinski definition) is 0. The maximum Gasteiger partial charge on any atom is 0.101 e. The van der Waals surface area contributed by atoms with Crippen molar-refractivity contribution < 1.29 is 11.0 Å². The summed E-state index contributed by atoms with van der Waals surface area (Å²) in [5.74, 6) is 0.898. The molecule has 2 nitrogen and oxygen atoms in total. The van der Waals surface area contributed by atoms with E-state index >= 15 is 0 Å². The normalized spacial score (nSPS) is 7.38. The minimum Gasteiger partial charge on any atom is -0.412 e. The molecule has 0 aliphatic heterocycles. The van der Waals surface area contributed by atoms with E-state index in [1.54, 1.807) is 0 Å². The average molecular weight is 120 g/mol. The summed E-state index contributed by atoms with van der Waals surface area (Å²) in [7, 11) is 2.22. The van der Waals surface area contributed by atoms with E-state index in [1.165, 1.54) is 12.7 Å². The molecule has 0 rings (SSSR count). The van der Waals surface area contributed by atoms with Crippen molar-refractivity contribution in [1.82, 2.24) is 0 Å². The Morgan fingerprint density at radius 2 is 1.62 bits per heavy atom. The molecule has 4 N–H and O–H groups in total. The monoisotopic (exact) mass is 120 g/mol. The van der Waals surface area contributed by atoms with E-state index in [1.807, 2.05) is 0 Å². The third kappa shape index (κ3) is 16.7. The van der Waals surface area contributed by atoms with E-state index in [0.29, 0.717) is 0 Å². The first-order valence-corrected chi connectivity index (χ1v) is 2.77. The Balaban J connectivity index is -0.000000125. The maximum absolute atomic E-state index is 2.25. The van der Waals surface area contributed by atoms with Crippen LogP contribution in [0, 0.1) is 5.92 Å². The van der Waals surface area contributed by atoms with Gasteiger partial charge in [-0.05, 0) is 5.92 Å². The van der Waals surface area contributed by atoms with E-state index in [4.69, 9.17) is 0 Å². The molecule has 0 unspecified atom stereocenters. The molecule has 0 saturated carbocycles. The van der Waals surface area contributed by atoms with Crippen LogP contribution in [0.3, 0.4) is 0 Å². The second-order valence-electron chi connectivity index (χ2n) is 2.18. The first-order chi connectivity index (χ1) is 2.77. The fourth-order valence-corrected chi connectivity index (χ4v) is 0.577. The highest BCUT2D eigenvalue weighted by molar-refractivity contribution is 6.08. The molecule has 0 radical (unpaired) electrons. The van der Waals surface area contributed by atoms with E-state index in [2.05, 4.69) is 21.7 Å². The fourth-order valence-electron chi connectivity index (χ4n) is 0.577. The molecule has 0 fully saturated rings. The van der Waals surface area contributed by atoms with Gasteiger partial charge in [0, 0.05) is 0 Å². The molecular formula is C5H17BO2. The van der Waals surface area contributed by atoms with Crippen LogP contribution in [0.2, 0.25) is 6.32 Å². The van der Waals surface area contributed by atoms with Gasteiger partial charge in [-0.25, -0.2) is 0 Å². The lowest BCUT2D eigenvalue weighted by Crippen LogP contribution is -1.83. The van der Waals surface area contributed by atoms with Gasteiger partial charge in [0.1, 0.15) is 7.85 Å². The predicted molar refractivity (Wildman–Crippen MR) is 40.0 cm³/mol. The van der Waals surface area contributed by atoms with Gasteiger partial charge in [-0.3, -0.25) is 0 Å². The van der Waals surface area contributed by atoms with Crippen LogP contribution in [0.25, 0.3) is 0 Å². The Kier molecular flexibility index (Phi) is 19.7. The van der Waals surface area contributed by atoms with Crippen LogP contribution >= 0.6 is 0 Å². The van der Waals surface area contributed by atoms with Crippen molar-refractivity contribution in [2.24, 2.45) is 5.92 Å². The van der Waals surface area contributed by atoms with Crippen molar-refractivity contribution in [3.63, 3.8) is 0 Å². The van der Waals surface area contributed by atoms with Crippen molar-refractivity contribution in [3.05, 3.63) is 0 Å². The lowest BCUT2D eigenvalue weighted by molar-refractivity contribution is 0.626. The molecular weight excluding hydrogens is 103 g/mol. The molecule has 0 bridgehead atoms. The van der Waals surface area contributed by atoms with E-state index in [9.17, 15) is 0 Å². The largest absolute Gasteiger partial charge is 0.412 e. The molecule has 0 heterocycles. The molecule has 0 saturated heterocycles. The Morgan fingerprint density at radius 1 is 1.25 bits per heavy atom. The number of hydrogen-bond acceptors (Lipinski definition) is 0. The molecule has 0 aliphatic carbocycles. The second-order valence-corrected chi connectivity index (χ2v) is 2.18. The third-order valence-corrected chi connectivity index (χ3v) is 0.866. The van der Waals surface area contributed by atoms with Gasteiger partial charge in [0.25, 0.3) is 0 Å². The lowest BCUT2D eigenvalue weighted by Gasteiger charge is -1.95. The van der Waals surface area contributed by atoms with Crippen molar-refractivity contribution in [2.75, 3.05) is 0 Å². The van der Waals surface area contributed by atoms with Crippen LogP contribution in [-0.4, -0.2) is 18.8 Å². The quantitative estimate of drug-likeness (QED) is 0.438.